The minimum absolute atomic E-state index is 0.0747. The van der Waals surface area contributed by atoms with Gasteiger partial charge >= 0.3 is 5.97 Å². The van der Waals surface area contributed by atoms with E-state index in [1.807, 2.05) is 18.2 Å². The number of benzene rings is 2. The van der Waals surface area contributed by atoms with Gasteiger partial charge in [-0.2, -0.15) is 0 Å². The Morgan fingerprint density at radius 3 is 2.79 bits per heavy atom. The molecule has 2 atom stereocenters. The van der Waals surface area contributed by atoms with Crippen molar-refractivity contribution in [1.82, 2.24) is 5.32 Å². The number of methoxy groups -OCH3 is 1. The first-order chi connectivity index (χ1) is 13.5. The maximum atomic E-state index is 13.7. The Kier molecular flexibility index (Phi) is 6.29. The molecule has 0 aliphatic heterocycles. The van der Waals surface area contributed by atoms with Crippen molar-refractivity contribution in [3.05, 3.63) is 65.0 Å². The SMILES string of the molecule is COc1ccc(CC(=O)O[C@H](C)C(=O)N[C@H]2CCCc3ccccc32)cc1F. The zero-order valence-corrected chi connectivity index (χ0v) is 16.0. The molecule has 1 N–H and O–H groups in total. The lowest BCUT2D eigenvalue weighted by atomic mass is 9.87. The molecule has 1 amide bonds. The Morgan fingerprint density at radius 1 is 1.25 bits per heavy atom. The molecule has 6 heteroatoms. The van der Waals surface area contributed by atoms with Crippen LogP contribution in [0.3, 0.4) is 0 Å². The molecule has 0 spiro atoms. The van der Waals surface area contributed by atoms with Crippen LogP contribution in [-0.2, 0) is 27.2 Å². The van der Waals surface area contributed by atoms with Crippen molar-refractivity contribution in [2.75, 3.05) is 7.11 Å². The van der Waals surface area contributed by atoms with E-state index in [1.165, 1.54) is 31.7 Å². The maximum Gasteiger partial charge on any atom is 0.311 e. The molecule has 0 saturated carbocycles. The van der Waals surface area contributed by atoms with Gasteiger partial charge in [0.05, 0.1) is 19.6 Å². The van der Waals surface area contributed by atoms with E-state index in [4.69, 9.17) is 9.47 Å². The molecular weight excluding hydrogens is 361 g/mol. The largest absolute Gasteiger partial charge is 0.494 e. The summed E-state index contributed by atoms with van der Waals surface area (Å²) in [4.78, 5) is 24.6. The third-order valence-corrected chi connectivity index (χ3v) is 4.93. The second-order valence-corrected chi connectivity index (χ2v) is 6.93. The number of amides is 1. The molecule has 2 aromatic carbocycles. The first-order valence-electron chi connectivity index (χ1n) is 9.38. The van der Waals surface area contributed by atoms with Gasteiger partial charge in [0.1, 0.15) is 0 Å². The summed E-state index contributed by atoms with van der Waals surface area (Å²) in [5.41, 5.74) is 2.82. The molecule has 5 nitrogen and oxygen atoms in total. The van der Waals surface area contributed by atoms with E-state index < -0.39 is 17.9 Å². The van der Waals surface area contributed by atoms with Crippen LogP contribution in [0.15, 0.2) is 42.5 Å². The fraction of sp³-hybridized carbons (Fsp3) is 0.364. The van der Waals surface area contributed by atoms with E-state index >= 15 is 0 Å². The number of hydrogen-bond acceptors (Lipinski definition) is 4. The number of rotatable bonds is 6. The fourth-order valence-electron chi connectivity index (χ4n) is 3.47. The monoisotopic (exact) mass is 385 g/mol. The van der Waals surface area contributed by atoms with Crippen LogP contribution in [0, 0.1) is 5.82 Å². The van der Waals surface area contributed by atoms with Gasteiger partial charge in [0.15, 0.2) is 17.7 Å². The lowest BCUT2D eigenvalue weighted by molar-refractivity contribution is -0.154. The molecule has 0 fully saturated rings. The molecule has 148 valence electrons. The maximum absolute atomic E-state index is 13.7. The second-order valence-electron chi connectivity index (χ2n) is 6.93. The minimum atomic E-state index is -0.926. The summed E-state index contributed by atoms with van der Waals surface area (Å²) in [5, 5.41) is 2.98. The molecule has 2 aromatic rings. The quantitative estimate of drug-likeness (QED) is 0.773. The molecular formula is C22H24FNO4. The van der Waals surface area contributed by atoms with Gasteiger partial charge in [-0.3, -0.25) is 9.59 Å². The van der Waals surface area contributed by atoms with Gasteiger partial charge in [-0.25, -0.2) is 4.39 Å². The highest BCUT2D eigenvalue weighted by Gasteiger charge is 2.25. The first kappa shape index (κ1) is 19.9. The Labute approximate surface area is 163 Å². The van der Waals surface area contributed by atoms with Crippen LogP contribution >= 0.6 is 0 Å². The summed E-state index contributed by atoms with van der Waals surface area (Å²) in [7, 11) is 1.37. The van der Waals surface area contributed by atoms with Crippen LogP contribution in [0.2, 0.25) is 0 Å². The Hall–Kier alpha value is -2.89. The zero-order valence-electron chi connectivity index (χ0n) is 16.0. The Bertz CT molecular complexity index is 867. The molecule has 0 bridgehead atoms. The standard InChI is InChI=1S/C22H24FNO4/c1-14(28-21(25)13-15-10-11-20(27-2)18(23)12-15)22(26)24-19-9-5-7-16-6-3-4-8-17(16)19/h3-4,6,8,10-12,14,19H,5,7,9,13H2,1-2H3,(H,24,26)/t14-,19+/m1/s1. The van der Waals surface area contributed by atoms with Crippen molar-refractivity contribution >= 4 is 11.9 Å². The number of carbonyl (C=O) groups excluding carboxylic acids is 2. The van der Waals surface area contributed by atoms with Crippen LogP contribution in [0.25, 0.3) is 0 Å². The minimum Gasteiger partial charge on any atom is -0.494 e. The average molecular weight is 385 g/mol. The lowest BCUT2D eigenvalue weighted by Gasteiger charge is -2.27. The topological polar surface area (TPSA) is 64.6 Å². The van der Waals surface area contributed by atoms with E-state index in [0.717, 1.165) is 24.8 Å². The molecule has 0 aromatic heterocycles. The smallest absolute Gasteiger partial charge is 0.311 e. The van der Waals surface area contributed by atoms with Crippen molar-refractivity contribution in [1.29, 1.82) is 0 Å². The van der Waals surface area contributed by atoms with Gasteiger partial charge in [-0.15, -0.1) is 0 Å². The molecule has 0 heterocycles. The number of fused-ring (bicyclic) bond motifs is 1. The number of esters is 1. The molecule has 28 heavy (non-hydrogen) atoms. The van der Waals surface area contributed by atoms with Crippen LogP contribution in [-0.4, -0.2) is 25.1 Å². The van der Waals surface area contributed by atoms with Crippen molar-refractivity contribution in [2.24, 2.45) is 0 Å². The van der Waals surface area contributed by atoms with Gasteiger partial charge in [-0.1, -0.05) is 30.3 Å². The van der Waals surface area contributed by atoms with Crippen LogP contribution in [0.5, 0.6) is 5.75 Å². The number of hydrogen-bond donors (Lipinski definition) is 1. The van der Waals surface area contributed by atoms with E-state index in [-0.39, 0.29) is 24.1 Å². The number of carbonyl (C=O) groups is 2. The van der Waals surface area contributed by atoms with Crippen LogP contribution in [0.1, 0.15) is 42.5 Å². The number of nitrogens with one attached hydrogen (secondary N) is 1. The molecule has 1 aliphatic carbocycles. The third-order valence-electron chi connectivity index (χ3n) is 4.93. The van der Waals surface area contributed by atoms with Gasteiger partial charge in [0.25, 0.3) is 5.91 Å². The molecule has 0 saturated heterocycles. The van der Waals surface area contributed by atoms with Crippen molar-refractivity contribution in [3.63, 3.8) is 0 Å². The van der Waals surface area contributed by atoms with Gasteiger partial charge in [-0.05, 0) is 55.0 Å². The first-order valence-corrected chi connectivity index (χ1v) is 9.38. The predicted octanol–water partition coefficient (Wildman–Crippen LogP) is 3.50. The molecule has 0 unspecified atom stereocenters. The van der Waals surface area contributed by atoms with E-state index in [1.54, 1.807) is 6.07 Å². The molecule has 3 rings (SSSR count). The average Bonchev–Trinajstić information content (AvgIpc) is 2.68. The van der Waals surface area contributed by atoms with Gasteiger partial charge < -0.3 is 14.8 Å². The van der Waals surface area contributed by atoms with Crippen LogP contribution < -0.4 is 10.1 Å². The highest BCUT2D eigenvalue weighted by molar-refractivity contribution is 5.84. The molecule has 1 aliphatic rings. The summed E-state index contributed by atoms with van der Waals surface area (Å²) < 4.78 is 23.8. The van der Waals surface area contributed by atoms with E-state index in [0.29, 0.717) is 5.56 Å². The third kappa shape index (κ3) is 4.68. The highest BCUT2D eigenvalue weighted by Crippen LogP contribution is 2.29. The summed E-state index contributed by atoms with van der Waals surface area (Å²) >= 11 is 0. The predicted molar refractivity (Wildman–Crippen MR) is 102 cm³/mol. The number of halogens is 1. The number of aryl methyl sites for hydroxylation is 1. The zero-order chi connectivity index (χ0) is 20.1. The van der Waals surface area contributed by atoms with Crippen LogP contribution in [0.4, 0.5) is 4.39 Å². The van der Waals surface area contributed by atoms with Crippen molar-refractivity contribution < 1.29 is 23.5 Å². The highest BCUT2D eigenvalue weighted by atomic mass is 19.1. The summed E-state index contributed by atoms with van der Waals surface area (Å²) in [5.74, 6) is -1.36. The van der Waals surface area contributed by atoms with Gasteiger partial charge in [0.2, 0.25) is 0 Å². The normalized spacial score (nSPS) is 16.6. The van der Waals surface area contributed by atoms with E-state index in [9.17, 15) is 14.0 Å². The summed E-state index contributed by atoms with van der Waals surface area (Å²) in [6.07, 6.45) is 1.81. The fourth-order valence-corrected chi connectivity index (χ4v) is 3.47. The summed E-state index contributed by atoms with van der Waals surface area (Å²) in [6.45, 7) is 1.54. The summed E-state index contributed by atoms with van der Waals surface area (Å²) in [6, 6.07) is 12.2. The Balaban J connectivity index is 1.56. The van der Waals surface area contributed by atoms with Crippen molar-refractivity contribution in [3.8, 4) is 5.75 Å². The van der Waals surface area contributed by atoms with Crippen molar-refractivity contribution in [2.45, 2.75) is 44.8 Å². The molecule has 0 radical (unpaired) electrons. The van der Waals surface area contributed by atoms with E-state index in [2.05, 4.69) is 11.4 Å². The lowest BCUT2D eigenvalue weighted by Crippen LogP contribution is -2.39. The second kappa shape index (κ2) is 8.87. The van der Waals surface area contributed by atoms with Gasteiger partial charge in [0, 0.05) is 0 Å². The Morgan fingerprint density at radius 2 is 2.04 bits per heavy atom. The number of ether oxygens (including phenoxy) is 2.